The molecule has 0 aromatic carbocycles. The van der Waals surface area contributed by atoms with Crippen LogP contribution in [-0.2, 0) is 9.63 Å². The van der Waals surface area contributed by atoms with Gasteiger partial charge >= 0.3 is 6.01 Å². The Morgan fingerprint density at radius 3 is 2.45 bits per heavy atom. The highest BCUT2D eigenvalue weighted by molar-refractivity contribution is 6.23. The van der Waals surface area contributed by atoms with Gasteiger partial charge in [0.2, 0.25) is 5.88 Å². The summed E-state index contributed by atoms with van der Waals surface area (Å²) in [5.74, 6) is 0.388. The summed E-state index contributed by atoms with van der Waals surface area (Å²) in [4.78, 5) is 28.6. The molecule has 9 nitrogen and oxygen atoms in total. The average Bonchev–Trinajstić information content (AvgIpc) is 2.70. The lowest BCUT2D eigenvalue weighted by Gasteiger charge is -2.28. The average molecular weight is 406 g/mol. The Labute approximate surface area is 171 Å². The van der Waals surface area contributed by atoms with Gasteiger partial charge in [-0.25, -0.2) is 0 Å². The Bertz CT molecular complexity index is 804. The molecule has 1 aliphatic rings. The lowest BCUT2D eigenvalue weighted by molar-refractivity contribution is -0.116. The first kappa shape index (κ1) is 22.4. The number of aliphatic hydroxyl groups is 1. The number of aliphatic hydroxyl groups excluding tert-OH is 1. The van der Waals surface area contributed by atoms with Crippen LogP contribution in [0, 0.1) is 0 Å². The first-order valence-electron chi connectivity index (χ1n) is 9.69. The highest BCUT2D eigenvalue weighted by Crippen LogP contribution is 2.42. The number of carbonyl (C=O) groups is 1. The van der Waals surface area contributed by atoms with Crippen LogP contribution in [0.2, 0.25) is 0 Å². The van der Waals surface area contributed by atoms with Crippen molar-refractivity contribution >= 4 is 17.3 Å². The molecule has 0 saturated heterocycles. The van der Waals surface area contributed by atoms with Crippen molar-refractivity contribution in [1.29, 1.82) is 0 Å². The van der Waals surface area contributed by atoms with Crippen LogP contribution >= 0.6 is 0 Å². The summed E-state index contributed by atoms with van der Waals surface area (Å²) in [5, 5.41) is 14.8. The van der Waals surface area contributed by atoms with Gasteiger partial charge in [0.25, 0.3) is 0 Å². The van der Waals surface area contributed by atoms with Gasteiger partial charge in [-0.15, -0.1) is 0 Å². The molecule has 1 aliphatic carbocycles. The van der Waals surface area contributed by atoms with E-state index in [0.717, 1.165) is 6.42 Å². The van der Waals surface area contributed by atoms with Crippen LogP contribution < -0.4 is 14.4 Å². The second-order valence-corrected chi connectivity index (χ2v) is 6.91. The van der Waals surface area contributed by atoms with Gasteiger partial charge in [0, 0.05) is 32.9 Å². The van der Waals surface area contributed by atoms with Crippen LogP contribution in [0.1, 0.15) is 51.0 Å². The first-order valence-corrected chi connectivity index (χ1v) is 9.69. The van der Waals surface area contributed by atoms with Gasteiger partial charge in [-0.1, -0.05) is 18.5 Å². The number of nitrogens with zero attached hydrogens (tertiary/aromatic N) is 4. The molecule has 160 valence electrons. The standard InChI is InChI=1S/C20H30N4O5/c1-7-9-13(23-29-8-2)17-14(25)10-12(11-15(17)26)16-18(24(3)4)21-20(28-6)22-19(16)27-5/h12,25H,7-11H2,1-6H3. The number of allylic oxidation sites excluding steroid dienone is 2. The van der Waals surface area contributed by atoms with Crippen LogP contribution in [-0.4, -0.2) is 61.5 Å². The van der Waals surface area contributed by atoms with Gasteiger partial charge in [-0.05, 0) is 13.3 Å². The highest BCUT2D eigenvalue weighted by Gasteiger charge is 2.35. The van der Waals surface area contributed by atoms with Gasteiger partial charge < -0.3 is 24.3 Å². The number of aromatic nitrogens is 2. The number of ether oxygens (including phenoxy) is 2. The Balaban J connectivity index is 2.51. The smallest absolute Gasteiger partial charge is 0.321 e. The minimum atomic E-state index is -0.334. The van der Waals surface area contributed by atoms with Crippen LogP contribution in [0.15, 0.2) is 16.5 Å². The summed E-state index contributed by atoms with van der Waals surface area (Å²) >= 11 is 0. The van der Waals surface area contributed by atoms with Crippen molar-refractivity contribution in [3.05, 3.63) is 16.9 Å². The van der Waals surface area contributed by atoms with Gasteiger partial charge in [-0.3, -0.25) is 4.79 Å². The number of methoxy groups -OCH3 is 2. The third kappa shape index (κ3) is 4.96. The maximum absolute atomic E-state index is 13.0. The molecule has 1 atom stereocenters. The zero-order chi connectivity index (χ0) is 21.6. The molecule has 9 heteroatoms. The molecule has 0 fully saturated rings. The molecule has 0 amide bonds. The zero-order valence-electron chi connectivity index (χ0n) is 18.0. The Morgan fingerprint density at radius 2 is 1.93 bits per heavy atom. The van der Waals surface area contributed by atoms with Crippen molar-refractivity contribution in [2.24, 2.45) is 5.16 Å². The Kier molecular flexibility index (Phi) is 7.81. The van der Waals surface area contributed by atoms with E-state index < -0.39 is 0 Å². The Hall–Kier alpha value is -2.84. The molecule has 0 aliphatic heterocycles. The number of Topliss-reactive ketones (excluding diaryl/α,β-unsaturated/α-hetero) is 1. The number of carbonyl (C=O) groups excluding carboxylic acids is 1. The van der Waals surface area contributed by atoms with Crippen LogP contribution in [0.4, 0.5) is 5.82 Å². The summed E-state index contributed by atoms with van der Waals surface area (Å²) in [6.45, 7) is 4.20. The molecule has 1 aromatic rings. The predicted octanol–water partition coefficient (Wildman–Crippen LogP) is 3.01. The van der Waals surface area contributed by atoms with E-state index in [4.69, 9.17) is 14.3 Å². The van der Waals surface area contributed by atoms with Crippen LogP contribution in [0.3, 0.4) is 0 Å². The number of anilines is 1. The Morgan fingerprint density at radius 1 is 1.21 bits per heavy atom. The maximum Gasteiger partial charge on any atom is 0.321 e. The highest BCUT2D eigenvalue weighted by atomic mass is 16.6. The summed E-state index contributed by atoms with van der Waals surface area (Å²) in [6, 6.07) is 0.172. The van der Waals surface area contributed by atoms with E-state index in [9.17, 15) is 9.90 Å². The number of rotatable bonds is 9. The third-order valence-corrected chi connectivity index (χ3v) is 4.60. The molecule has 29 heavy (non-hydrogen) atoms. The van der Waals surface area contributed by atoms with Gasteiger partial charge in [-0.2, -0.15) is 9.97 Å². The number of oxime groups is 1. The number of hydrogen-bond donors (Lipinski definition) is 1. The predicted molar refractivity (Wildman–Crippen MR) is 110 cm³/mol. The zero-order valence-corrected chi connectivity index (χ0v) is 18.0. The minimum Gasteiger partial charge on any atom is -0.511 e. The van der Waals surface area contributed by atoms with E-state index >= 15 is 0 Å². The lowest BCUT2D eigenvalue weighted by atomic mass is 9.81. The molecule has 0 radical (unpaired) electrons. The fourth-order valence-corrected chi connectivity index (χ4v) is 3.39. The molecule has 1 aromatic heterocycles. The molecule has 1 unspecified atom stereocenters. The summed E-state index contributed by atoms with van der Waals surface area (Å²) in [6.07, 6.45) is 1.77. The molecular formula is C20H30N4O5. The van der Waals surface area contributed by atoms with E-state index in [1.54, 1.807) is 0 Å². The van der Waals surface area contributed by atoms with E-state index in [1.807, 2.05) is 32.8 Å². The molecule has 2 rings (SSSR count). The largest absolute Gasteiger partial charge is 0.511 e. The fraction of sp³-hybridized carbons (Fsp3) is 0.600. The SMILES string of the molecule is CCCC(=NOCC)C1=C(O)CC(c2c(OC)nc(OC)nc2N(C)C)CC1=O. The first-order chi connectivity index (χ1) is 13.9. The summed E-state index contributed by atoms with van der Waals surface area (Å²) in [7, 11) is 6.66. The van der Waals surface area contributed by atoms with Crippen LogP contribution in [0.25, 0.3) is 0 Å². The number of hydrogen-bond acceptors (Lipinski definition) is 9. The molecule has 0 saturated carbocycles. The second kappa shape index (κ2) is 10.1. The van der Waals surface area contributed by atoms with E-state index in [-0.39, 0.29) is 41.9 Å². The minimum absolute atomic E-state index is 0.000676. The summed E-state index contributed by atoms with van der Waals surface area (Å²) < 4.78 is 10.6. The van der Waals surface area contributed by atoms with Crippen molar-refractivity contribution in [1.82, 2.24) is 9.97 Å². The molecular weight excluding hydrogens is 376 g/mol. The van der Waals surface area contributed by atoms with Crippen molar-refractivity contribution in [2.45, 2.75) is 45.4 Å². The third-order valence-electron chi connectivity index (χ3n) is 4.60. The van der Waals surface area contributed by atoms with Crippen molar-refractivity contribution < 1.29 is 24.2 Å². The lowest BCUT2D eigenvalue weighted by Crippen LogP contribution is -2.26. The summed E-state index contributed by atoms with van der Waals surface area (Å²) in [5.41, 5.74) is 1.41. The van der Waals surface area contributed by atoms with Gasteiger partial charge in [0.15, 0.2) is 5.78 Å². The topological polar surface area (TPSA) is 106 Å². The van der Waals surface area contributed by atoms with Crippen molar-refractivity contribution in [3.8, 4) is 11.9 Å². The maximum atomic E-state index is 13.0. The van der Waals surface area contributed by atoms with Gasteiger partial charge in [0.05, 0.1) is 31.1 Å². The van der Waals surface area contributed by atoms with Crippen LogP contribution in [0.5, 0.6) is 11.9 Å². The molecule has 1 N–H and O–H groups in total. The molecule has 1 heterocycles. The molecule has 0 spiro atoms. The second-order valence-electron chi connectivity index (χ2n) is 6.91. The van der Waals surface area contributed by atoms with E-state index in [1.165, 1.54) is 14.2 Å². The van der Waals surface area contributed by atoms with Gasteiger partial charge in [0.1, 0.15) is 18.2 Å². The van der Waals surface area contributed by atoms with E-state index in [0.29, 0.717) is 36.0 Å². The quantitative estimate of drug-likeness (QED) is 0.493. The van der Waals surface area contributed by atoms with Crippen molar-refractivity contribution in [2.75, 3.05) is 39.8 Å². The monoisotopic (exact) mass is 406 g/mol. The van der Waals surface area contributed by atoms with E-state index in [2.05, 4.69) is 15.1 Å². The number of ketones is 1. The van der Waals surface area contributed by atoms with Crippen molar-refractivity contribution in [3.63, 3.8) is 0 Å². The fourth-order valence-electron chi connectivity index (χ4n) is 3.39. The normalized spacial score (nSPS) is 17.4. The molecule has 0 bridgehead atoms.